The molecule has 0 radical (unpaired) electrons. The lowest BCUT2D eigenvalue weighted by Gasteiger charge is -2.34. The SMILES string of the molecule is COC(=O)C(O)C1CCN(c2ccc(Br)cn2)CC1. The molecule has 2 rings (SSSR count). The smallest absolute Gasteiger partial charge is 0.334 e. The zero-order valence-corrected chi connectivity index (χ0v) is 12.3. The number of methoxy groups -OCH3 is 1. The fourth-order valence-corrected chi connectivity index (χ4v) is 2.55. The van der Waals surface area contributed by atoms with Crippen LogP contribution in [0, 0.1) is 5.92 Å². The van der Waals surface area contributed by atoms with Gasteiger partial charge in [0, 0.05) is 23.8 Å². The van der Waals surface area contributed by atoms with E-state index in [-0.39, 0.29) is 5.92 Å². The standard InChI is InChI=1S/C13H17BrN2O3/c1-19-13(18)12(17)9-4-6-16(7-5-9)11-3-2-10(14)8-15-11/h2-3,8-9,12,17H,4-7H2,1H3. The first-order chi connectivity index (χ1) is 9.11. The first-order valence-corrected chi connectivity index (χ1v) is 7.03. The van der Waals surface area contributed by atoms with E-state index in [0.717, 1.165) is 36.2 Å². The number of esters is 1. The minimum atomic E-state index is -1.01. The zero-order chi connectivity index (χ0) is 13.8. The van der Waals surface area contributed by atoms with Crippen LogP contribution in [-0.4, -0.2) is 42.4 Å². The molecule has 0 aromatic carbocycles. The van der Waals surface area contributed by atoms with E-state index in [9.17, 15) is 9.90 Å². The van der Waals surface area contributed by atoms with Gasteiger partial charge in [0.25, 0.3) is 0 Å². The van der Waals surface area contributed by atoms with Crippen LogP contribution in [0.5, 0.6) is 0 Å². The third-order valence-electron chi connectivity index (χ3n) is 3.46. The highest BCUT2D eigenvalue weighted by Crippen LogP contribution is 2.25. The number of pyridine rings is 1. The van der Waals surface area contributed by atoms with Crippen molar-refractivity contribution >= 4 is 27.7 Å². The molecule has 5 nitrogen and oxygen atoms in total. The first-order valence-electron chi connectivity index (χ1n) is 6.24. The molecule has 2 heterocycles. The van der Waals surface area contributed by atoms with Gasteiger partial charge in [0.15, 0.2) is 6.10 Å². The van der Waals surface area contributed by atoms with E-state index in [0.29, 0.717) is 0 Å². The number of hydrogen-bond acceptors (Lipinski definition) is 5. The van der Waals surface area contributed by atoms with Crippen LogP contribution in [0.4, 0.5) is 5.82 Å². The van der Waals surface area contributed by atoms with Crippen LogP contribution < -0.4 is 4.90 Å². The van der Waals surface area contributed by atoms with Gasteiger partial charge in [-0.3, -0.25) is 0 Å². The highest BCUT2D eigenvalue weighted by atomic mass is 79.9. The number of carbonyl (C=O) groups is 1. The molecule has 0 aliphatic carbocycles. The predicted octanol–water partition coefficient (Wildman–Crippen LogP) is 1.59. The number of rotatable bonds is 3. The number of piperidine rings is 1. The molecule has 19 heavy (non-hydrogen) atoms. The van der Waals surface area contributed by atoms with Gasteiger partial charge in [-0.15, -0.1) is 0 Å². The second-order valence-corrected chi connectivity index (χ2v) is 5.54. The summed E-state index contributed by atoms with van der Waals surface area (Å²) < 4.78 is 5.52. The Morgan fingerprint density at radius 2 is 2.21 bits per heavy atom. The summed E-state index contributed by atoms with van der Waals surface area (Å²) in [6, 6.07) is 3.92. The topological polar surface area (TPSA) is 62.7 Å². The summed E-state index contributed by atoms with van der Waals surface area (Å²) in [7, 11) is 1.30. The van der Waals surface area contributed by atoms with Crippen molar-refractivity contribution in [3.05, 3.63) is 22.8 Å². The third-order valence-corrected chi connectivity index (χ3v) is 3.93. The van der Waals surface area contributed by atoms with Gasteiger partial charge in [0.05, 0.1) is 7.11 Å². The molecule has 6 heteroatoms. The molecule has 1 unspecified atom stereocenters. The highest BCUT2D eigenvalue weighted by Gasteiger charge is 2.30. The van der Waals surface area contributed by atoms with E-state index in [2.05, 4.69) is 30.6 Å². The maximum atomic E-state index is 11.3. The summed E-state index contributed by atoms with van der Waals surface area (Å²) >= 11 is 3.36. The van der Waals surface area contributed by atoms with Gasteiger partial charge in [0.2, 0.25) is 0 Å². The molecule has 104 valence electrons. The Kier molecular flexibility index (Phi) is 4.76. The van der Waals surface area contributed by atoms with Crippen LogP contribution in [0.1, 0.15) is 12.8 Å². The average molecular weight is 329 g/mol. The number of aromatic nitrogens is 1. The quantitative estimate of drug-likeness (QED) is 0.854. The summed E-state index contributed by atoms with van der Waals surface area (Å²) in [5.74, 6) is 0.355. The maximum absolute atomic E-state index is 11.3. The van der Waals surface area contributed by atoms with Crippen molar-refractivity contribution in [2.24, 2.45) is 5.92 Å². The van der Waals surface area contributed by atoms with E-state index in [1.807, 2.05) is 12.1 Å². The van der Waals surface area contributed by atoms with E-state index in [1.54, 1.807) is 6.20 Å². The van der Waals surface area contributed by atoms with Crippen LogP contribution in [0.15, 0.2) is 22.8 Å². The molecule has 1 fully saturated rings. The van der Waals surface area contributed by atoms with Crippen molar-refractivity contribution in [1.29, 1.82) is 0 Å². The number of aliphatic hydroxyl groups is 1. The van der Waals surface area contributed by atoms with E-state index >= 15 is 0 Å². The lowest BCUT2D eigenvalue weighted by molar-refractivity contribution is -0.153. The predicted molar refractivity (Wildman–Crippen MR) is 74.9 cm³/mol. The van der Waals surface area contributed by atoms with Crippen molar-refractivity contribution in [3.63, 3.8) is 0 Å². The van der Waals surface area contributed by atoms with E-state index in [1.165, 1.54) is 7.11 Å². The van der Waals surface area contributed by atoms with Gasteiger partial charge in [-0.1, -0.05) is 0 Å². The molecule has 0 bridgehead atoms. The molecule has 1 N–H and O–H groups in total. The number of carbonyl (C=O) groups excluding carboxylic acids is 1. The second-order valence-electron chi connectivity index (χ2n) is 4.63. The number of nitrogens with zero attached hydrogens (tertiary/aromatic N) is 2. The van der Waals surface area contributed by atoms with E-state index < -0.39 is 12.1 Å². The molecular weight excluding hydrogens is 312 g/mol. The molecule has 0 saturated carbocycles. The maximum Gasteiger partial charge on any atom is 0.334 e. The number of halogens is 1. The molecule has 1 saturated heterocycles. The second kappa shape index (κ2) is 6.34. The molecular formula is C13H17BrN2O3. The monoisotopic (exact) mass is 328 g/mol. The summed E-state index contributed by atoms with van der Waals surface area (Å²) in [6.07, 6.45) is 2.28. The number of aliphatic hydroxyl groups excluding tert-OH is 1. The van der Waals surface area contributed by atoms with Crippen LogP contribution in [0.2, 0.25) is 0 Å². The van der Waals surface area contributed by atoms with Crippen molar-refractivity contribution in [1.82, 2.24) is 4.98 Å². The first kappa shape index (κ1) is 14.3. The Morgan fingerprint density at radius 1 is 1.53 bits per heavy atom. The minimum Gasteiger partial charge on any atom is -0.467 e. The van der Waals surface area contributed by atoms with Crippen LogP contribution in [0.3, 0.4) is 0 Å². The highest BCUT2D eigenvalue weighted by molar-refractivity contribution is 9.10. The van der Waals surface area contributed by atoms with E-state index in [4.69, 9.17) is 0 Å². The fraction of sp³-hybridized carbons (Fsp3) is 0.538. The zero-order valence-electron chi connectivity index (χ0n) is 10.8. The molecule has 1 aliphatic rings. The van der Waals surface area contributed by atoms with Crippen LogP contribution in [-0.2, 0) is 9.53 Å². The number of hydrogen-bond donors (Lipinski definition) is 1. The summed E-state index contributed by atoms with van der Waals surface area (Å²) in [4.78, 5) is 17.8. The fourth-order valence-electron chi connectivity index (χ4n) is 2.31. The van der Waals surface area contributed by atoms with Gasteiger partial charge in [-0.2, -0.15) is 0 Å². The van der Waals surface area contributed by atoms with Gasteiger partial charge in [-0.25, -0.2) is 9.78 Å². The molecule has 1 aromatic heterocycles. The van der Waals surface area contributed by atoms with Gasteiger partial charge in [-0.05, 0) is 46.8 Å². The van der Waals surface area contributed by atoms with Crippen molar-refractivity contribution < 1.29 is 14.6 Å². The minimum absolute atomic E-state index is 0.0286. The van der Waals surface area contributed by atoms with Crippen molar-refractivity contribution in [2.75, 3.05) is 25.1 Å². The molecule has 1 atom stereocenters. The molecule has 0 amide bonds. The molecule has 1 aromatic rings. The third kappa shape index (κ3) is 3.45. The van der Waals surface area contributed by atoms with Crippen molar-refractivity contribution in [2.45, 2.75) is 18.9 Å². The normalized spacial score (nSPS) is 18.2. The Morgan fingerprint density at radius 3 is 2.74 bits per heavy atom. The summed E-state index contributed by atoms with van der Waals surface area (Å²) in [5.41, 5.74) is 0. The van der Waals surface area contributed by atoms with Crippen LogP contribution >= 0.6 is 15.9 Å². The summed E-state index contributed by atoms with van der Waals surface area (Å²) in [6.45, 7) is 1.57. The lowest BCUT2D eigenvalue weighted by atomic mass is 9.91. The largest absolute Gasteiger partial charge is 0.467 e. The molecule has 1 aliphatic heterocycles. The van der Waals surface area contributed by atoms with Gasteiger partial charge >= 0.3 is 5.97 Å². The van der Waals surface area contributed by atoms with Gasteiger partial charge in [0.1, 0.15) is 5.82 Å². The summed E-state index contributed by atoms with van der Waals surface area (Å²) in [5, 5.41) is 9.82. The van der Waals surface area contributed by atoms with Crippen LogP contribution in [0.25, 0.3) is 0 Å². The van der Waals surface area contributed by atoms with Crippen molar-refractivity contribution in [3.8, 4) is 0 Å². The number of anilines is 1. The Labute approximate surface area is 120 Å². The number of ether oxygens (including phenoxy) is 1. The lowest BCUT2D eigenvalue weighted by Crippen LogP contribution is -2.41. The van der Waals surface area contributed by atoms with Gasteiger partial charge < -0.3 is 14.7 Å². The Hall–Kier alpha value is -1.14. The Balaban J connectivity index is 1.92. The molecule has 0 spiro atoms. The Bertz CT molecular complexity index is 430. The average Bonchev–Trinajstić information content (AvgIpc) is 2.46.